The number of likely N-dealkylation sites (tertiary alicyclic amines) is 1. The molecule has 0 unspecified atom stereocenters. The third-order valence-electron chi connectivity index (χ3n) is 5.88. The minimum atomic E-state index is -3.55. The zero-order chi connectivity index (χ0) is 20.7. The first-order valence-corrected chi connectivity index (χ1v) is 11.5. The molecule has 9 heteroatoms. The summed E-state index contributed by atoms with van der Waals surface area (Å²) in [5, 5.41) is 0. The van der Waals surface area contributed by atoms with Crippen LogP contribution in [0.5, 0.6) is 11.5 Å². The Balaban J connectivity index is 1.25. The molecule has 1 saturated heterocycles. The van der Waals surface area contributed by atoms with Crippen LogP contribution in [0, 0.1) is 0 Å². The van der Waals surface area contributed by atoms with E-state index in [4.69, 9.17) is 9.47 Å². The highest BCUT2D eigenvalue weighted by Gasteiger charge is 2.36. The molecule has 2 aromatic carbocycles. The van der Waals surface area contributed by atoms with E-state index in [0.717, 1.165) is 11.3 Å². The third-order valence-corrected chi connectivity index (χ3v) is 7.41. The van der Waals surface area contributed by atoms with Gasteiger partial charge in [0, 0.05) is 31.2 Å². The lowest BCUT2D eigenvalue weighted by Gasteiger charge is -2.41. The topological polar surface area (TPSA) is 88.2 Å². The molecule has 0 spiro atoms. The number of benzene rings is 2. The first-order valence-electron chi connectivity index (χ1n) is 10.0. The molecule has 3 aliphatic rings. The number of nitrogens with zero attached hydrogens (tertiary/aromatic N) is 2. The number of hydrogen-bond acceptors (Lipinski definition) is 6. The Labute approximate surface area is 175 Å². The second-order valence-electron chi connectivity index (χ2n) is 7.75. The molecule has 0 radical (unpaired) electrons. The summed E-state index contributed by atoms with van der Waals surface area (Å²) in [6.45, 7) is 2.12. The summed E-state index contributed by atoms with van der Waals surface area (Å²) in [6, 6.07) is 12.7. The second-order valence-corrected chi connectivity index (χ2v) is 9.38. The average molecular weight is 429 g/mol. The van der Waals surface area contributed by atoms with E-state index in [-0.39, 0.29) is 18.6 Å². The van der Waals surface area contributed by atoms with E-state index in [0.29, 0.717) is 56.1 Å². The number of carbonyl (C=O) groups is 1. The quantitative estimate of drug-likeness (QED) is 0.747. The largest absolute Gasteiger partial charge is 0.454 e. The zero-order valence-electron chi connectivity index (χ0n) is 16.4. The van der Waals surface area contributed by atoms with Crippen LogP contribution < -0.4 is 18.5 Å². The second kappa shape index (κ2) is 7.57. The maximum atomic E-state index is 12.7. The van der Waals surface area contributed by atoms with Crippen LogP contribution in [0.3, 0.4) is 0 Å². The smallest absolute Gasteiger partial charge is 0.302 e. The van der Waals surface area contributed by atoms with Gasteiger partial charge in [-0.15, -0.1) is 0 Å². The van der Waals surface area contributed by atoms with Gasteiger partial charge >= 0.3 is 10.2 Å². The molecule has 8 nitrogen and oxygen atoms in total. The van der Waals surface area contributed by atoms with Crippen LogP contribution in [0.1, 0.15) is 28.8 Å². The van der Waals surface area contributed by atoms with Crippen molar-refractivity contribution in [1.29, 1.82) is 0 Å². The fourth-order valence-corrected chi connectivity index (χ4v) is 5.83. The number of para-hydroxylation sites is 1. The van der Waals surface area contributed by atoms with Gasteiger partial charge in [0.25, 0.3) is 0 Å². The molecule has 0 atom stereocenters. The lowest BCUT2D eigenvalue weighted by Crippen LogP contribution is -2.53. The predicted octanol–water partition coefficient (Wildman–Crippen LogP) is 1.92. The van der Waals surface area contributed by atoms with Crippen LogP contribution in [0.25, 0.3) is 0 Å². The Morgan fingerprint density at radius 3 is 2.67 bits per heavy atom. The maximum Gasteiger partial charge on any atom is 0.302 e. The number of nitrogens with one attached hydrogen (secondary N) is 1. The van der Waals surface area contributed by atoms with Crippen LogP contribution in [0.15, 0.2) is 42.5 Å². The third kappa shape index (κ3) is 3.53. The molecular weight excluding hydrogens is 406 g/mol. The van der Waals surface area contributed by atoms with E-state index >= 15 is 0 Å². The summed E-state index contributed by atoms with van der Waals surface area (Å²) in [6.07, 6.45) is 1.34. The lowest BCUT2D eigenvalue weighted by molar-refractivity contribution is 0.0910. The molecule has 0 amide bonds. The van der Waals surface area contributed by atoms with Gasteiger partial charge in [0.2, 0.25) is 6.79 Å². The first kappa shape index (κ1) is 19.3. The molecule has 0 bridgehead atoms. The summed E-state index contributed by atoms with van der Waals surface area (Å²) in [4.78, 5) is 14.8. The summed E-state index contributed by atoms with van der Waals surface area (Å²) in [5.74, 6) is 1.27. The van der Waals surface area contributed by atoms with Gasteiger partial charge in [-0.25, -0.2) is 0 Å². The number of hydrogen-bond donors (Lipinski definition) is 1. The summed E-state index contributed by atoms with van der Waals surface area (Å²) < 4.78 is 40.2. The maximum absolute atomic E-state index is 12.7. The Kier molecular flexibility index (Phi) is 4.88. The Hall–Kier alpha value is -2.62. The minimum absolute atomic E-state index is 0.0179. The molecule has 5 rings (SSSR count). The molecule has 3 heterocycles. The molecule has 2 aromatic rings. The molecule has 3 aliphatic heterocycles. The number of Topliss-reactive ketones (excluding diaryl/α,β-unsaturated/α-hetero) is 1. The van der Waals surface area contributed by atoms with Gasteiger partial charge in [-0.3, -0.25) is 14.0 Å². The predicted molar refractivity (Wildman–Crippen MR) is 111 cm³/mol. The van der Waals surface area contributed by atoms with Crippen LogP contribution in [0.4, 0.5) is 5.69 Å². The monoisotopic (exact) mass is 429 g/mol. The molecule has 0 aliphatic carbocycles. The van der Waals surface area contributed by atoms with E-state index in [2.05, 4.69) is 9.62 Å². The fraction of sp³-hybridized carbons (Fsp3) is 0.381. The molecule has 1 N–H and O–H groups in total. The van der Waals surface area contributed by atoms with E-state index in [9.17, 15) is 13.2 Å². The number of piperidine rings is 1. The lowest BCUT2D eigenvalue weighted by atomic mass is 10.0. The number of carbonyl (C=O) groups excluding carboxylic acids is 1. The molecule has 30 heavy (non-hydrogen) atoms. The SMILES string of the molecule is O=C(CN1CCC(N2c3ccccc3CNS2(=O)=O)CC1)c1ccc2c(c1)OCO2. The van der Waals surface area contributed by atoms with Gasteiger partial charge in [-0.2, -0.15) is 13.1 Å². The number of fused-ring (bicyclic) bond motifs is 2. The minimum Gasteiger partial charge on any atom is -0.454 e. The molecule has 1 fully saturated rings. The number of ether oxygens (including phenoxy) is 2. The Morgan fingerprint density at radius 2 is 1.83 bits per heavy atom. The highest BCUT2D eigenvalue weighted by Crippen LogP contribution is 2.34. The van der Waals surface area contributed by atoms with Gasteiger partial charge in [0.05, 0.1) is 12.2 Å². The highest BCUT2D eigenvalue weighted by molar-refractivity contribution is 7.91. The van der Waals surface area contributed by atoms with Crippen LogP contribution in [-0.4, -0.2) is 51.6 Å². The summed E-state index contributed by atoms with van der Waals surface area (Å²) in [5.41, 5.74) is 2.33. The van der Waals surface area contributed by atoms with Gasteiger partial charge in [-0.05, 0) is 42.7 Å². The van der Waals surface area contributed by atoms with E-state index in [1.54, 1.807) is 18.2 Å². The number of ketones is 1. The molecule has 0 aromatic heterocycles. The van der Waals surface area contributed by atoms with E-state index in [1.165, 1.54) is 4.31 Å². The zero-order valence-corrected chi connectivity index (χ0v) is 17.2. The molecule has 158 valence electrons. The average Bonchev–Trinajstić information content (AvgIpc) is 3.22. The van der Waals surface area contributed by atoms with Crippen molar-refractivity contribution < 1.29 is 22.7 Å². The van der Waals surface area contributed by atoms with Crippen molar-refractivity contribution in [2.75, 3.05) is 30.7 Å². The van der Waals surface area contributed by atoms with Gasteiger partial charge in [0.15, 0.2) is 17.3 Å². The summed E-state index contributed by atoms with van der Waals surface area (Å²) >= 11 is 0. The highest BCUT2D eigenvalue weighted by atomic mass is 32.2. The fourth-order valence-electron chi connectivity index (χ4n) is 4.31. The van der Waals surface area contributed by atoms with Crippen LogP contribution >= 0.6 is 0 Å². The van der Waals surface area contributed by atoms with Crippen molar-refractivity contribution >= 4 is 21.7 Å². The van der Waals surface area contributed by atoms with Gasteiger partial charge < -0.3 is 9.47 Å². The van der Waals surface area contributed by atoms with Gasteiger partial charge in [0.1, 0.15) is 0 Å². The standard InChI is InChI=1S/C21H23N3O5S/c25-19(15-5-6-20-21(11-15)29-14-28-20)13-23-9-7-17(8-10-23)24-18-4-2-1-3-16(18)12-22-30(24,26)27/h1-6,11,17,22H,7-10,12-14H2. The van der Waals surface area contributed by atoms with Crippen LogP contribution in [-0.2, 0) is 16.8 Å². The van der Waals surface area contributed by atoms with Crippen molar-refractivity contribution in [1.82, 2.24) is 9.62 Å². The molecular formula is C21H23N3O5S. The Bertz CT molecular complexity index is 1080. The van der Waals surface area contributed by atoms with Crippen molar-refractivity contribution in [2.24, 2.45) is 0 Å². The molecule has 0 saturated carbocycles. The van der Waals surface area contributed by atoms with Gasteiger partial charge in [-0.1, -0.05) is 18.2 Å². The van der Waals surface area contributed by atoms with Crippen molar-refractivity contribution in [3.05, 3.63) is 53.6 Å². The van der Waals surface area contributed by atoms with E-state index in [1.807, 2.05) is 24.3 Å². The normalized spacial score (nSPS) is 20.7. The first-order chi connectivity index (χ1) is 14.5. The van der Waals surface area contributed by atoms with Crippen molar-refractivity contribution in [3.63, 3.8) is 0 Å². The van der Waals surface area contributed by atoms with Crippen LogP contribution in [0.2, 0.25) is 0 Å². The van der Waals surface area contributed by atoms with Crippen molar-refractivity contribution in [2.45, 2.75) is 25.4 Å². The number of rotatable bonds is 4. The number of anilines is 1. The van der Waals surface area contributed by atoms with E-state index < -0.39 is 10.2 Å². The Morgan fingerprint density at radius 1 is 1.07 bits per heavy atom. The van der Waals surface area contributed by atoms with Crippen molar-refractivity contribution in [3.8, 4) is 11.5 Å². The summed E-state index contributed by atoms with van der Waals surface area (Å²) in [7, 11) is -3.55.